The molecule has 1 aliphatic rings. The van der Waals surface area contributed by atoms with Gasteiger partial charge in [-0.1, -0.05) is 31.5 Å². The summed E-state index contributed by atoms with van der Waals surface area (Å²) < 4.78 is 1.41. The smallest absolute Gasteiger partial charge is 0.104 e. The van der Waals surface area contributed by atoms with Crippen LogP contribution in [0.4, 0.5) is 5.69 Å². The Morgan fingerprint density at radius 2 is 2.10 bits per heavy atom. The zero-order chi connectivity index (χ0) is 14.6. The van der Waals surface area contributed by atoms with Gasteiger partial charge >= 0.3 is 0 Å². The Labute approximate surface area is 139 Å². The Morgan fingerprint density at radius 1 is 1.40 bits per heavy atom. The van der Waals surface area contributed by atoms with Crippen LogP contribution in [-0.4, -0.2) is 22.5 Å². The van der Waals surface area contributed by atoms with Crippen molar-refractivity contribution < 1.29 is 0 Å². The monoisotopic (exact) mass is 372 g/mol. The number of hydrogen-bond donors (Lipinski definition) is 2. The summed E-state index contributed by atoms with van der Waals surface area (Å²) in [5.74, 6) is 0. The third-order valence-corrected chi connectivity index (χ3v) is 6.36. The second-order valence-electron chi connectivity index (χ2n) is 5.36. The molecule has 0 atom stereocenters. The molecule has 20 heavy (non-hydrogen) atoms. The number of benzene rings is 1. The molecule has 0 amide bonds. The van der Waals surface area contributed by atoms with Gasteiger partial charge in [-0.15, -0.1) is 0 Å². The number of nitrogens with two attached hydrogens (primary N) is 1. The molecule has 0 heterocycles. The zero-order valence-electron chi connectivity index (χ0n) is 11.7. The quantitative estimate of drug-likeness (QED) is 0.742. The van der Waals surface area contributed by atoms with Crippen LogP contribution < -0.4 is 11.1 Å². The van der Waals surface area contributed by atoms with Crippen LogP contribution in [0.25, 0.3) is 0 Å². The van der Waals surface area contributed by atoms with Crippen molar-refractivity contribution in [3.05, 3.63) is 28.2 Å². The summed E-state index contributed by atoms with van der Waals surface area (Å²) in [6.45, 7) is 1.01. The standard InChI is InChI=1S/C15H21BrN2S2/c1-20-15(7-3-2-4-8-15)10-18-13-6-5-11(14(17)19)9-12(13)16/h5-6,9,18H,2-4,7-8,10H2,1H3,(H2,17,19). The lowest BCUT2D eigenvalue weighted by atomic mass is 9.88. The van der Waals surface area contributed by atoms with Crippen molar-refractivity contribution in [2.45, 2.75) is 36.9 Å². The normalized spacial score (nSPS) is 17.7. The summed E-state index contributed by atoms with van der Waals surface area (Å²) in [6, 6.07) is 6.01. The molecule has 1 aromatic carbocycles. The first-order chi connectivity index (χ1) is 9.56. The number of rotatable bonds is 5. The van der Waals surface area contributed by atoms with Crippen LogP contribution in [-0.2, 0) is 0 Å². The first-order valence-electron chi connectivity index (χ1n) is 6.95. The van der Waals surface area contributed by atoms with E-state index in [1.807, 2.05) is 23.9 Å². The van der Waals surface area contributed by atoms with Crippen molar-refractivity contribution in [1.82, 2.24) is 0 Å². The van der Waals surface area contributed by atoms with Crippen LogP contribution in [0.2, 0.25) is 0 Å². The van der Waals surface area contributed by atoms with Gasteiger partial charge in [0.05, 0.1) is 0 Å². The van der Waals surface area contributed by atoms with Gasteiger partial charge in [-0.05, 0) is 53.2 Å². The molecule has 1 saturated carbocycles. The summed E-state index contributed by atoms with van der Waals surface area (Å²) >= 11 is 10.6. The highest BCUT2D eigenvalue weighted by Gasteiger charge is 2.30. The fourth-order valence-corrected chi connectivity index (χ4v) is 4.28. The fourth-order valence-electron chi connectivity index (χ4n) is 2.72. The SMILES string of the molecule is CSC1(CNc2ccc(C(N)=S)cc2Br)CCCCC1. The van der Waals surface area contributed by atoms with Gasteiger partial charge in [0.15, 0.2) is 0 Å². The van der Waals surface area contributed by atoms with Crippen molar-refractivity contribution in [3.8, 4) is 0 Å². The molecule has 0 aliphatic heterocycles. The van der Waals surface area contributed by atoms with Gasteiger partial charge in [0, 0.05) is 27.0 Å². The number of hydrogen-bond acceptors (Lipinski definition) is 3. The van der Waals surface area contributed by atoms with Crippen LogP contribution >= 0.6 is 39.9 Å². The highest BCUT2D eigenvalue weighted by atomic mass is 79.9. The molecule has 0 unspecified atom stereocenters. The first kappa shape index (κ1) is 16.1. The second kappa shape index (κ2) is 7.14. The van der Waals surface area contributed by atoms with Gasteiger partial charge in [0.2, 0.25) is 0 Å². The van der Waals surface area contributed by atoms with Crippen molar-refractivity contribution >= 4 is 50.6 Å². The minimum Gasteiger partial charge on any atom is -0.389 e. The average Bonchev–Trinajstić information content (AvgIpc) is 2.47. The van der Waals surface area contributed by atoms with E-state index in [1.54, 1.807) is 0 Å². The Hall–Kier alpha value is -0.260. The Balaban J connectivity index is 2.04. The van der Waals surface area contributed by atoms with Crippen LogP contribution in [0.1, 0.15) is 37.7 Å². The Bertz CT molecular complexity index is 485. The molecule has 2 rings (SSSR count). The Morgan fingerprint density at radius 3 is 2.65 bits per heavy atom. The molecule has 110 valence electrons. The zero-order valence-corrected chi connectivity index (χ0v) is 15.0. The highest BCUT2D eigenvalue weighted by Crippen LogP contribution is 2.39. The summed E-state index contributed by atoms with van der Waals surface area (Å²) in [5, 5.41) is 3.59. The molecule has 5 heteroatoms. The predicted octanol–water partition coefficient (Wildman–Crippen LogP) is 4.56. The largest absolute Gasteiger partial charge is 0.389 e. The third kappa shape index (κ3) is 3.89. The third-order valence-electron chi connectivity index (χ3n) is 4.05. The van der Waals surface area contributed by atoms with E-state index < -0.39 is 0 Å². The van der Waals surface area contributed by atoms with E-state index in [1.165, 1.54) is 32.1 Å². The minimum absolute atomic E-state index is 0.388. The number of thiocarbonyl (C=S) groups is 1. The van der Waals surface area contributed by atoms with E-state index in [-0.39, 0.29) is 0 Å². The van der Waals surface area contributed by atoms with Crippen molar-refractivity contribution in [2.75, 3.05) is 18.1 Å². The minimum atomic E-state index is 0.388. The summed E-state index contributed by atoms with van der Waals surface area (Å²) in [5.41, 5.74) is 7.67. The maximum Gasteiger partial charge on any atom is 0.104 e. The molecule has 0 saturated heterocycles. The number of nitrogens with one attached hydrogen (secondary N) is 1. The molecule has 1 aliphatic carbocycles. The lowest BCUT2D eigenvalue weighted by Gasteiger charge is -2.36. The first-order valence-corrected chi connectivity index (χ1v) is 9.37. The van der Waals surface area contributed by atoms with Crippen molar-refractivity contribution in [1.29, 1.82) is 0 Å². The molecule has 0 radical (unpaired) electrons. The highest BCUT2D eigenvalue weighted by molar-refractivity contribution is 9.10. The molecule has 0 spiro atoms. The maximum atomic E-state index is 5.65. The molecule has 1 aromatic rings. The lowest BCUT2D eigenvalue weighted by molar-refractivity contribution is 0.411. The predicted molar refractivity (Wildman–Crippen MR) is 97.9 cm³/mol. The van der Waals surface area contributed by atoms with E-state index in [4.69, 9.17) is 18.0 Å². The number of halogens is 1. The van der Waals surface area contributed by atoms with Crippen LogP contribution in [0, 0.1) is 0 Å². The maximum absolute atomic E-state index is 5.65. The van der Waals surface area contributed by atoms with E-state index in [9.17, 15) is 0 Å². The van der Waals surface area contributed by atoms with Crippen LogP contribution in [0.15, 0.2) is 22.7 Å². The average molecular weight is 373 g/mol. The van der Waals surface area contributed by atoms with Gasteiger partial charge in [0.25, 0.3) is 0 Å². The molecule has 1 fully saturated rings. The molecule has 0 aromatic heterocycles. The van der Waals surface area contributed by atoms with Crippen LogP contribution in [0.3, 0.4) is 0 Å². The van der Waals surface area contributed by atoms with Gasteiger partial charge in [0.1, 0.15) is 4.99 Å². The van der Waals surface area contributed by atoms with E-state index in [0.29, 0.717) is 9.74 Å². The van der Waals surface area contributed by atoms with Gasteiger partial charge in [-0.2, -0.15) is 11.8 Å². The molecule has 2 nitrogen and oxygen atoms in total. The molecule has 3 N–H and O–H groups in total. The van der Waals surface area contributed by atoms with E-state index in [0.717, 1.165) is 22.3 Å². The second-order valence-corrected chi connectivity index (χ2v) is 7.93. The number of thioether (sulfide) groups is 1. The summed E-state index contributed by atoms with van der Waals surface area (Å²) in [6.07, 6.45) is 8.94. The van der Waals surface area contributed by atoms with Crippen molar-refractivity contribution in [2.24, 2.45) is 5.73 Å². The Kier molecular flexibility index (Phi) is 5.75. The summed E-state index contributed by atoms with van der Waals surface area (Å²) in [4.78, 5) is 0.435. The molecular weight excluding hydrogens is 352 g/mol. The van der Waals surface area contributed by atoms with Crippen LogP contribution in [0.5, 0.6) is 0 Å². The topological polar surface area (TPSA) is 38.0 Å². The molecule has 0 bridgehead atoms. The van der Waals surface area contributed by atoms with E-state index >= 15 is 0 Å². The van der Waals surface area contributed by atoms with E-state index in [2.05, 4.69) is 33.6 Å². The van der Waals surface area contributed by atoms with Gasteiger partial charge in [-0.25, -0.2) is 0 Å². The summed E-state index contributed by atoms with van der Waals surface area (Å²) in [7, 11) is 0. The van der Waals surface area contributed by atoms with Crippen molar-refractivity contribution in [3.63, 3.8) is 0 Å². The van der Waals surface area contributed by atoms with Gasteiger partial charge < -0.3 is 11.1 Å². The molecular formula is C15H21BrN2S2. The van der Waals surface area contributed by atoms with Gasteiger partial charge in [-0.3, -0.25) is 0 Å². The number of anilines is 1. The fraction of sp³-hybridized carbons (Fsp3) is 0.533. The lowest BCUT2D eigenvalue weighted by Crippen LogP contribution is -2.35.